The lowest BCUT2D eigenvalue weighted by Crippen LogP contribution is -2.12. The maximum Gasteiger partial charge on any atom is 0.312 e. The monoisotopic (exact) mass is 290 g/mol. The molecule has 1 rings (SSSR count). The normalized spacial score (nSPS) is 10.4. The van der Waals surface area contributed by atoms with Crippen molar-refractivity contribution in [3.8, 4) is 5.75 Å². The zero-order chi connectivity index (χ0) is 15.3. The Labute approximate surface area is 112 Å². The molecule has 0 radical (unpaired) electrons. The van der Waals surface area contributed by atoms with Crippen LogP contribution in [-0.4, -0.2) is 29.6 Å². The number of nitrogens with zero attached hydrogens (tertiary/aromatic N) is 2. The van der Waals surface area contributed by atoms with Crippen LogP contribution >= 0.6 is 0 Å². The van der Waals surface area contributed by atoms with E-state index in [-0.39, 0.29) is 12.3 Å². The smallest absolute Gasteiger partial charge is 0.312 e. The highest BCUT2D eigenvalue weighted by atomic mass is 19.3. The molecule has 0 spiro atoms. The van der Waals surface area contributed by atoms with Gasteiger partial charge < -0.3 is 9.47 Å². The number of hydrogen-bond acceptors (Lipinski definition) is 6. The van der Waals surface area contributed by atoms with Crippen LogP contribution in [0.3, 0.4) is 0 Å². The highest BCUT2D eigenvalue weighted by molar-refractivity contribution is 5.73. The largest absolute Gasteiger partial charge is 0.494 e. The lowest BCUT2D eigenvalue weighted by Gasteiger charge is -2.12. The molecule has 20 heavy (non-hydrogen) atoms. The molecule has 0 bridgehead atoms. The highest BCUT2D eigenvalue weighted by Gasteiger charge is 2.30. The molecule has 0 aromatic carbocycles. The van der Waals surface area contributed by atoms with E-state index in [2.05, 4.69) is 9.72 Å². The summed E-state index contributed by atoms with van der Waals surface area (Å²) in [6.07, 6.45) is -2.86. The Morgan fingerprint density at radius 3 is 2.65 bits per heavy atom. The summed E-state index contributed by atoms with van der Waals surface area (Å²) in [6.45, 7) is 1.71. The predicted octanol–water partition coefficient (Wildman–Crippen LogP) is 2.04. The molecule has 0 unspecified atom stereocenters. The second kappa shape index (κ2) is 6.73. The third kappa shape index (κ3) is 3.37. The van der Waals surface area contributed by atoms with Crippen molar-refractivity contribution in [2.75, 3.05) is 13.7 Å². The van der Waals surface area contributed by atoms with Gasteiger partial charge in [-0.15, -0.1) is 0 Å². The SMILES string of the molecule is CCOC(=O)Cc1ncc([N+](=O)[O-])c(C(F)F)c1OC. The summed E-state index contributed by atoms with van der Waals surface area (Å²) in [5, 5.41) is 10.7. The van der Waals surface area contributed by atoms with Gasteiger partial charge >= 0.3 is 5.97 Å². The van der Waals surface area contributed by atoms with Crippen molar-refractivity contribution in [2.45, 2.75) is 19.8 Å². The summed E-state index contributed by atoms with van der Waals surface area (Å²) in [7, 11) is 1.07. The van der Waals surface area contributed by atoms with E-state index in [1.54, 1.807) is 6.92 Å². The Kier molecular flexibility index (Phi) is 5.30. The minimum absolute atomic E-state index is 0.121. The third-order valence-electron chi connectivity index (χ3n) is 2.36. The van der Waals surface area contributed by atoms with Gasteiger partial charge in [0.25, 0.3) is 12.1 Å². The van der Waals surface area contributed by atoms with Crippen molar-refractivity contribution in [3.63, 3.8) is 0 Å². The molecule has 9 heteroatoms. The molecule has 110 valence electrons. The van der Waals surface area contributed by atoms with Crippen molar-refractivity contribution < 1.29 is 28.0 Å². The molecule has 1 aromatic rings. The molecule has 0 saturated carbocycles. The number of carbonyl (C=O) groups excluding carboxylic acids is 1. The molecule has 0 fully saturated rings. The molecule has 1 aromatic heterocycles. The topological polar surface area (TPSA) is 91.6 Å². The van der Waals surface area contributed by atoms with E-state index in [1.807, 2.05) is 0 Å². The van der Waals surface area contributed by atoms with Crippen molar-refractivity contribution in [3.05, 3.63) is 27.6 Å². The van der Waals surface area contributed by atoms with Gasteiger partial charge in [-0.2, -0.15) is 0 Å². The molecule has 0 atom stereocenters. The minimum Gasteiger partial charge on any atom is -0.494 e. The fraction of sp³-hybridized carbons (Fsp3) is 0.455. The molecule has 0 saturated heterocycles. The second-order valence-electron chi connectivity index (χ2n) is 3.58. The minimum atomic E-state index is -3.13. The highest BCUT2D eigenvalue weighted by Crippen LogP contribution is 2.38. The molecular weight excluding hydrogens is 278 g/mol. The fourth-order valence-electron chi connectivity index (χ4n) is 1.60. The Bertz CT molecular complexity index is 522. The van der Waals surface area contributed by atoms with Gasteiger partial charge in [0.2, 0.25) is 0 Å². The predicted molar refractivity (Wildman–Crippen MR) is 62.7 cm³/mol. The number of alkyl halides is 2. The molecule has 0 amide bonds. The number of pyridine rings is 1. The van der Waals surface area contributed by atoms with Crippen LogP contribution in [0.4, 0.5) is 14.5 Å². The molecule has 0 aliphatic heterocycles. The summed E-state index contributed by atoms with van der Waals surface area (Å²) in [6, 6.07) is 0. The number of methoxy groups -OCH3 is 1. The van der Waals surface area contributed by atoms with Gasteiger partial charge in [0.1, 0.15) is 11.8 Å². The zero-order valence-electron chi connectivity index (χ0n) is 10.8. The van der Waals surface area contributed by atoms with Gasteiger partial charge in [-0.05, 0) is 6.92 Å². The molecule has 7 nitrogen and oxygen atoms in total. The van der Waals surface area contributed by atoms with Gasteiger partial charge in [0.05, 0.1) is 30.8 Å². The van der Waals surface area contributed by atoms with Crippen LogP contribution in [0.1, 0.15) is 24.6 Å². The lowest BCUT2D eigenvalue weighted by molar-refractivity contribution is -0.386. The number of carbonyl (C=O) groups is 1. The van der Waals surface area contributed by atoms with E-state index < -0.39 is 40.7 Å². The van der Waals surface area contributed by atoms with E-state index in [1.165, 1.54) is 0 Å². The Balaban J connectivity index is 3.30. The van der Waals surface area contributed by atoms with Gasteiger partial charge in [-0.3, -0.25) is 14.9 Å². The number of esters is 1. The van der Waals surface area contributed by atoms with E-state index in [9.17, 15) is 23.7 Å². The van der Waals surface area contributed by atoms with Crippen molar-refractivity contribution in [2.24, 2.45) is 0 Å². The number of hydrogen-bond donors (Lipinski definition) is 0. The summed E-state index contributed by atoms with van der Waals surface area (Å²) < 4.78 is 35.4. The summed E-state index contributed by atoms with van der Waals surface area (Å²) >= 11 is 0. The second-order valence-corrected chi connectivity index (χ2v) is 3.58. The quantitative estimate of drug-likeness (QED) is 0.452. The number of ether oxygens (including phenoxy) is 2. The number of aromatic nitrogens is 1. The molecule has 0 N–H and O–H groups in total. The van der Waals surface area contributed by atoms with E-state index in [0.717, 1.165) is 7.11 Å². The van der Waals surface area contributed by atoms with Crippen LogP contribution in [0.5, 0.6) is 5.75 Å². The molecule has 0 aliphatic rings. The fourth-order valence-corrected chi connectivity index (χ4v) is 1.60. The standard InChI is InChI=1S/C11H12F2N2O5/c1-3-20-8(16)4-6-10(19-2)9(11(12)13)7(5-14-6)15(17)18/h5,11H,3-4H2,1-2H3. The first-order valence-corrected chi connectivity index (χ1v) is 5.56. The summed E-state index contributed by atoms with van der Waals surface area (Å²) in [5.74, 6) is -1.16. The van der Waals surface area contributed by atoms with Gasteiger partial charge in [-0.25, -0.2) is 13.8 Å². The van der Waals surface area contributed by atoms with Gasteiger partial charge in [-0.1, -0.05) is 0 Å². The van der Waals surface area contributed by atoms with Gasteiger partial charge in [0.15, 0.2) is 5.75 Å². The van der Waals surface area contributed by atoms with Crippen LogP contribution in [-0.2, 0) is 16.0 Å². The average Bonchev–Trinajstić information content (AvgIpc) is 2.37. The third-order valence-corrected chi connectivity index (χ3v) is 2.36. The Morgan fingerprint density at radius 2 is 2.20 bits per heavy atom. The maximum atomic E-state index is 13.0. The summed E-state index contributed by atoms with van der Waals surface area (Å²) in [4.78, 5) is 24.7. The Morgan fingerprint density at radius 1 is 1.55 bits per heavy atom. The Hall–Kier alpha value is -2.32. The van der Waals surface area contributed by atoms with Crippen LogP contribution in [0.2, 0.25) is 0 Å². The maximum absolute atomic E-state index is 13.0. The van der Waals surface area contributed by atoms with E-state index >= 15 is 0 Å². The number of rotatable bonds is 6. The van der Waals surface area contributed by atoms with E-state index in [0.29, 0.717) is 6.20 Å². The number of halogens is 2. The first-order valence-electron chi connectivity index (χ1n) is 5.56. The first-order chi connectivity index (χ1) is 9.42. The van der Waals surface area contributed by atoms with Crippen molar-refractivity contribution in [1.82, 2.24) is 4.98 Å². The average molecular weight is 290 g/mol. The molecular formula is C11H12F2N2O5. The first kappa shape index (κ1) is 15.7. The zero-order valence-corrected chi connectivity index (χ0v) is 10.8. The van der Waals surface area contributed by atoms with Crippen LogP contribution < -0.4 is 4.74 Å². The van der Waals surface area contributed by atoms with Crippen LogP contribution in [0.15, 0.2) is 6.20 Å². The lowest BCUT2D eigenvalue weighted by atomic mass is 10.1. The van der Waals surface area contributed by atoms with Crippen LogP contribution in [0.25, 0.3) is 0 Å². The summed E-state index contributed by atoms with van der Waals surface area (Å²) in [5.41, 5.74) is -1.89. The molecule has 0 aliphatic carbocycles. The van der Waals surface area contributed by atoms with Gasteiger partial charge in [0, 0.05) is 0 Å². The van der Waals surface area contributed by atoms with Crippen molar-refractivity contribution in [1.29, 1.82) is 0 Å². The van der Waals surface area contributed by atoms with E-state index in [4.69, 9.17) is 4.74 Å². The molecule has 1 heterocycles. The van der Waals surface area contributed by atoms with Crippen molar-refractivity contribution >= 4 is 11.7 Å². The number of nitro groups is 1. The van der Waals surface area contributed by atoms with Crippen LogP contribution in [0, 0.1) is 10.1 Å².